The average Bonchev–Trinajstić information content (AvgIpc) is 2.61. The molecule has 0 aromatic carbocycles. The van der Waals surface area contributed by atoms with Crippen molar-refractivity contribution in [2.45, 2.75) is 31.7 Å². The van der Waals surface area contributed by atoms with E-state index in [0.29, 0.717) is 11.7 Å². The molecule has 1 aliphatic rings. The first-order chi connectivity index (χ1) is 6.27. The van der Waals surface area contributed by atoms with Gasteiger partial charge in [0.25, 0.3) is 5.56 Å². The number of nitrogen functional groups attached to an aromatic ring is 1. The van der Waals surface area contributed by atoms with Crippen LogP contribution in [0.15, 0.2) is 23.1 Å². The van der Waals surface area contributed by atoms with E-state index in [4.69, 9.17) is 5.73 Å². The predicted molar refractivity (Wildman–Crippen MR) is 52.6 cm³/mol. The second-order valence-electron chi connectivity index (χ2n) is 3.65. The molecular weight excluding hydrogens is 164 g/mol. The summed E-state index contributed by atoms with van der Waals surface area (Å²) in [6.45, 7) is 0. The zero-order chi connectivity index (χ0) is 9.26. The van der Waals surface area contributed by atoms with Crippen LogP contribution in [-0.2, 0) is 0 Å². The maximum absolute atomic E-state index is 11.5. The molecule has 0 amide bonds. The maximum atomic E-state index is 11.5. The Morgan fingerprint density at radius 3 is 2.69 bits per heavy atom. The smallest absolute Gasteiger partial charge is 0.250 e. The summed E-state index contributed by atoms with van der Waals surface area (Å²) in [5.41, 5.74) is 6.38. The number of anilines is 1. The molecule has 0 aliphatic heterocycles. The van der Waals surface area contributed by atoms with Crippen LogP contribution in [-0.4, -0.2) is 4.57 Å². The molecule has 0 bridgehead atoms. The van der Waals surface area contributed by atoms with Gasteiger partial charge < -0.3 is 10.3 Å². The Kier molecular flexibility index (Phi) is 2.08. The fourth-order valence-electron chi connectivity index (χ4n) is 1.99. The summed E-state index contributed by atoms with van der Waals surface area (Å²) in [6.07, 6.45) is 6.45. The topological polar surface area (TPSA) is 48.0 Å². The van der Waals surface area contributed by atoms with Gasteiger partial charge in [0.15, 0.2) is 0 Å². The highest BCUT2D eigenvalue weighted by atomic mass is 16.1. The van der Waals surface area contributed by atoms with E-state index in [1.165, 1.54) is 12.8 Å². The molecule has 70 valence electrons. The predicted octanol–water partition coefficient (Wildman–Crippen LogP) is 1.55. The van der Waals surface area contributed by atoms with Crippen molar-refractivity contribution in [3.05, 3.63) is 28.7 Å². The van der Waals surface area contributed by atoms with E-state index in [2.05, 4.69) is 0 Å². The third-order valence-electron chi connectivity index (χ3n) is 2.68. The van der Waals surface area contributed by atoms with Crippen LogP contribution in [0.3, 0.4) is 0 Å². The zero-order valence-electron chi connectivity index (χ0n) is 7.57. The minimum Gasteiger partial charge on any atom is -0.398 e. The number of rotatable bonds is 1. The highest BCUT2D eigenvalue weighted by Gasteiger charge is 2.17. The third kappa shape index (κ3) is 1.59. The van der Waals surface area contributed by atoms with Crippen molar-refractivity contribution < 1.29 is 0 Å². The second kappa shape index (κ2) is 3.24. The Balaban J connectivity index is 2.37. The fourth-order valence-corrected chi connectivity index (χ4v) is 1.99. The number of hydrogen-bond donors (Lipinski definition) is 1. The number of nitrogens with zero attached hydrogens (tertiary/aromatic N) is 1. The first-order valence-electron chi connectivity index (χ1n) is 4.75. The molecule has 3 heteroatoms. The van der Waals surface area contributed by atoms with E-state index in [0.717, 1.165) is 12.8 Å². The largest absolute Gasteiger partial charge is 0.398 e. The lowest BCUT2D eigenvalue weighted by Gasteiger charge is -2.13. The van der Waals surface area contributed by atoms with Crippen molar-refractivity contribution in [1.82, 2.24) is 4.57 Å². The Morgan fingerprint density at radius 2 is 2.00 bits per heavy atom. The summed E-state index contributed by atoms with van der Waals surface area (Å²) in [7, 11) is 0. The molecule has 3 nitrogen and oxygen atoms in total. The van der Waals surface area contributed by atoms with E-state index >= 15 is 0 Å². The lowest BCUT2D eigenvalue weighted by molar-refractivity contribution is 0.503. The lowest BCUT2D eigenvalue weighted by atomic mass is 10.2. The molecule has 1 fully saturated rings. The Bertz CT molecular complexity index is 350. The van der Waals surface area contributed by atoms with Gasteiger partial charge in [-0.05, 0) is 18.9 Å². The molecule has 0 atom stereocenters. The van der Waals surface area contributed by atoms with Crippen LogP contribution in [0.5, 0.6) is 0 Å². The average molecular weight is 178 g/mol. The standard InChI is InChI=1S/C10H14N2O/c11-8-5-6-10(13)12(7-8)9-3-1-2-4-9/h5-7,9H,1-4,11H2. The van der Waals surface area contributed by atoms with Crippen LogP contribution in [0.1, 0.15) is 31.7 Å². The molecule has 1 aromatic rings. The maximum Gasteiger partial charge on any atom is 0.250 e. The van der Waals surface area contributed by atoms with Gasteiger partial charge in [-0.25, -0.2) is 0 Å². The van der Waals surface area contributed by atoms with Gasteiger partial charge in [0.1, 0.15) is 0 Å². The summed E-state index contributed by atoms with van der Waals surface area (Å²) in [5, 5.41) is 0. The van der Waals surface area contributed by atoms with Crippen molar-refractivity contribution in [1.29, 1.82) is 0 Å². The van der Waals surface area contributed by atoms with E-state index < -0.39 is 0 Å². The summed E-state index contributed by atoms with van der Waals surface area (Å²) in [4.78, 5) is 11.5. The molecule has 0 unspecified atom stereocenters. The van der Waals surface area contributed by atoms with Gasteiger partial charge in [0.05, 0.1) is 0 Å². The molecule has 1 aromatic heterocycles. The van der Waals surface area contributed by atoms with Crippen molar-refractivity contribution in [2.24, 2.45) is 0 Å². The van der Waals surface area contributed by atoms with Gasteiger partial charge in [-0.3, -0.25) is 4.79 Å². The molecule has 0 radical (unpaired) electrons. The van der Waals surface area contributed by atoms with Gasteiger partial charge in [-0.1, -0.05) is 12.8 Å². The summed E-state index contributed by atoms with van der Waals surface area (Å²) < 4.78 is 1.78. The van der Waals surface area contributed by atoms with E-state index in [1.807, 2.05) is 0 Å². The molecule has 1 saturated carbocycles. The Morgan fingerprint density at radius 1 is 1.31 bits per heavy atom. The summed E-state index contributed by atoms with van der Waals surface area (Å²) >= 11 is 0. The fraction of sp³-hybridized carbons (Fsp3) is 0.500. The first-order valence-corrected chi connectivity index (χ1v) is 4.75. The second-order valence-corrected chi connectivity index (χ2v) is 3.65. The molecule has 0 saturated heterocycles. The van der Waals surface area contributed by atoms with E-state index in [9.17, 15) is 4.79 Å². The van der Waals surface area contributed by atoms with E-state index in [-0.39, 0.29) is 5.56 Å². The molecule has 13 heavy (non-hydrogen) atoms. The van der Waals surface area contributed by atoms with Crippen LogP contribution >= 0.6 is 0 Å². The van der Waals surface area contributed by atoms with Gasteiger partial charge in [0.2, 0.25) is 0 Å². The number of hydrogen-bond acceptors (Lipinski definition) is 2. The number of pyridine rings is 1. The highest BCUT2D eigenvalue weighted by Crippen LogP contribution is 2.28. The lowest BCUT2D eigenvalue weighted by Crippen LogP contribution is -2.22. The van der Waals surface area contributed by atoms with Crippen LogP contribution in [0, 0.1) is 0 Å². The third-order valence-corrected chi connectivity index (χ3v) is 2.68. The van der Waals surface area contributed by atoms with E-state index in [1.54, 1.807) is 22.9 Å². The van der Waals surface area contributed by atoms with Crippen molar-refractivity contribution in [3.63, 3.8) is 0 Å². The Hall–Kier alpha value is -1.25. The first kappa shape index (κ1) is 8.35. The van der Waals surface area contributed by atoms with Crippen LogP contribution in [0.4, 0.5) is 5.69 Å². The van der Waals surface area contributed by atoms with Crippen LogP contribution < -0.4 is 11.3 Å². The quantitative estimate of drug-likeness (QED) is 0.709. The normalized spacial score (nSPS) is 17.8. The van der Waals surface area contributed by atoms with Crippen LogP contribution in [0.25, 0.3) is 0 Å². The molecule has 2 N–H and O–H groups in total. The molecule has 2 rings (SSSR count). The van der Waals surface area contributed by atoms with Crippen molar-refractivity contribution in [3.8, 4) is 0 Å². The van der Waals surface area contributed by atoms with Gasteiger partial charge in [-0.15, -0.1) is 0 Å². The molecule has 1 aliphatic carbocycles. The highest BCUT2D eigenvalue weighted by molar-refractivity contribution is 5.33. The van der Waals surface area contributed by atoms with Gasteiger partial charge >= 0.3 is 0 Å². The monoisotopic (exact) mass is 178 g/mol. The number of aromatic nitrogens is 1. The Labute approximate surface area is 77.2 Å². The zero-order valence-corrected chi connectivity index (χ0v) is 7.57. The van der Waals surface area contributed by atoms with Crippen molar-refractivity contribution in [2.75, 3.05) is 5.73 Å². The molecule has 1 heterocycles. The SMILES string of the molecule is Nc1ccc(=O)n(C2CCCC2)c1. The van der Waals surface area contributed by atoms with Gasteiger partial charge in [0, 0.05) is 24.0 Å². The van der Waals surface area contributed by atoms with Crippen LogP contribution in [0.2, 0.25) is 0 Å². The minimum absolute atomic E-state index is 0.0705. The number of nitrogens with two attached hydrogens (primary N) is 1. The summed E-state index contributed by atoms with van der Waals surface area (Å²) in [6, 6.07) is 3.59. The summed E-state index contributed by atoms with van der Waals surface area (Å²) in [5.74, 6) is 0. The molecule has 0 spiro atoms. The van der Waals surface area contributed by atoms with Gasteiger partial charge in [-0.2, -0.15) is 0 Å². The molecular formula is C10H14N2O. The minimum atomic E-state index is 0.0705. The van der Waals surface area contributed by atoms with Crippen molar-refractivity contribution >= 4 is 5.69 Å².